The van der Waals surface area contributed by atoms with Gasteiger partial charge < -0.3 is 19.7 Å². The van der Waals surface area contributed by atoms with Gasteiger partial charge in [-0.25, -0.2) is 15.4 Å². The second-order valence-corrected chi connectivity index (χ2v) is 1.29. The zero-order valence-electron chi connectivity index (χ0n) is 8.77. The Morgan fingerprint density at radius 1 is 1.00 bits per heavy atom. The molecule has 0 aliphatic carbocycles. The normalized spacial score (nSPS) is 6.00. The average molecular weight is 230 g/mol. The number of hydrogen-bond acceptors (Lipinski definition) is 8. The van der Waals surface area contributed by atoms with Crippen molar-refractivity contribution in [3.8, 4) is 0 Å². The van der Waals surface area contributed by atoms with Crippen molar-refractivity contribution < 1.29 is 29.3 Å². The number of ether oxygens (including phenoxy) is 3. The van der Waals surface area contributed by atoms with Gasteiger partial charge in [-0.05, 0) is 0 Å². The number of methoxy groups -OCH3 is 3. The molecule has 0 fully saturated rings. The second-order valence-electron chi connectivity index (χ2n) is 1.29. The van der Waals surface area contributed by atoms with E-state index < -0.39 is 12.2 Å². The molecule has 0 aromatic heterocycles. The number of hydrogen-bond donors (Lipinski definition) is 4. The Kier molecular flexibility index (Phi) is 35.5. The third-order valence-corrected chi connectivity index (χ3v) is 0.637. The van der Waals surface area contributed by atoms with Crippen LogP contribution < -0.4 is 23.0 Å². The summed E-state index contributed by atoms with van der Waals surface area (Å²) in [5.74, 6) is 12.6. The number of carbonyl (C=O) groups excluding carboxylic acids is 2. The van der Waals surface area contributed by atoms with Crippen LogP contribution in [0.2, 0.25) is 0 Å². The van der Waals surface area contributed by atoms with E-state index in [0.717, 1.165) is 0 Å². The van der Waals surface area contributed by atoms with Gasteiger partial charge in [-0.15, -0.1) is 0 Å². The van der Waals surface area contributed by atoms with E-state index in [1.54, 1.807) is 5.43 Å². The van der Waals surface area contributed by atoms with Crippen LogP contribution in [-0.4, -0.2) is 39.1 Å². The quantitative estimate of drug-likeness (QED) is 0.153. The molecule has 15 heavy (non-hydrogen) atoms. The fourth-order valence-electron chi connectivity index (χ4n) is 0.142. The Balaban J connectivity index is -0.0000000653. The molecule has 0 atom stereocenters. The van der Waals surface area contributed by atoms with Gasteiger partial charge in [0.05, 0.1) is 21.3 Å². The highest BCUT2D eigenvalue weighted by Gasteiger charge is 1.88. The predicted octanol–water partition coefficient (Wildman–Crippen LogP) is -2.39. The predicted molar refractivity (Wildman–Crippen MR) is 51.1 cm³/mol. The Morgan fingerprint density at radius 2 is 1.33 bits per heavy atom. The zero-order valence-corrected chi connectivity index (χ0v) is 8.77. The molecule has 0 saturated heterocycles. The summed E-state index contributed by atoms with van der Waals surface area (Å²) in [6.07, 6.45) is -1.29. The molecular formula is C5H18N4O6. The third kappa shape index (κ3) is 32.8. The fraction of sp³-hybridized carbons (Fsp3) is 0.600. The minimum absolute atomic E-state index is 0. The van der Waals surface area contributed by atoms with Crippen molar-refractivity contribution in [3.63, 3.8) is 0 Å². The number of amides is 1. The summed E-state index contributed by atoms with van der Waals surface area (Å²) in [4.78, 5) is 19.5. The van der Waals surface area contributed by atoms with Crippen LogP contribution in [0.25, 0.3) is 0 Å². The molecule has 0 saturated carbocycles. The lowest BCUT2D eigenvalue weighted by Crippen LogP contribution is -2.29. The molecule has 1 amide bonds. The van der Waals surface area contributed by atoms with Crippen LogP contribution in [0, 0.1) is 0 Å². The first-order valence-electron chi connectivity index (χ1n) is 3.12. The lowest BCUT2D eigenvalue weighted by Gasteiger charge is -1.90. The van der Waals surface area contributed by atoms with Crippen molar-refractivity contribution in [1.29, 1.82) is 0 Å². The van der Waals surface area contributed by atoms with Crippen LogP contribution in [-0.2, 0) is 14.2 Å². The van der Waals surface area contributed by atoms with Gasteiger partial charge in [-0.2, -0.15) is 0 Å². The van der Waals surface area contributed by atoms with Crippen LogP contribution in [0.1, 0.15) is 0 Å². The zero-order chi connectivity index (χ0) is 12.0. The van der Waals surface area contributed by atoms with Crippen LogP contribution in [0.3, 0.4) is 0 Å². The molecule has 0 spiro atoms. The van der Waals surface area contributed by atoms with Gasteiger partial charge >= 0.3 is 12.2 Å². The molecule has 0 rings (SSSR count). The van der Waals surface area contributed by atoms with Crippen LogP contribution >= 0.6 is 0 Å². The number of rotatable bonds is 0. The molecule has 9 N–H and O–H groups in total. The van der Waals surface area contributed by atoms with Crippen LogP contribution in [0.5, 0.6) is 0 Å². The highest BCUT2D eigenvalue weighted by molar-refractivity contribution is 5.65. The van der Waals surface area contributed by atoms with E-state index in [4.69, 9.17) is 0 Å². The van der Waals surface area contributed by atoms with Gasteiger partial charge in [0, 0.05) is 0 Å². The van der Waals surface area contributed by atoms with Gasteiger partial charge in [-0.3, -0.25) is 17.1 Å². The van der Waals surface area contributed by atoms with E-state index in [-0.39, 0.29) is 5.48 Å². The van der Waals surface area contributed by atoms with Gasteiger partial charge in [0.25, 0.3) is 0 Å². The first kappa shape index (κ1) is 23.3. The highest BCUT2D eigenvalue weighted by Crippen LogP contribution is 1.72. The van der Waals surface area contributed by atoms with Crippen molar-refractivity contribution >= 4 is 12.2 Å². The summed E-state index contributed by atoms with van der Waals surface area (Å²) >= 11 is 0. The maximum atomic E-state index is 9.74. The van der Waals surface area contributed by atoms with Crippen molar-refractivity contribution in [2.75, 3.05) is 21.3 Å². The first-order valence-corrected chi connectivity index (χ1v) is 3.12. The molecule has 0 aliphatic rings. The van der Waals surface area contributed by atoms with Crippen LogP contribution in [0.15, 0.2) is 0 Å². The number of nitrogens with one attached hydrogen (secondary N) is 1. The molecule has 0 bridgehead atoms. The molecule has 0 aromatic carbocycles. The lowest BCUT2D eigenvalue weighted by molar-refractivity contribution is 0.0924. The molecule has 0 aromatic rings. The second kappa shape index (κ2) is 22.8. The molecule has 0 aliphatic heterocycles. The van der Waals surface area contributed by atoms with Crippen molar-refractivity contribution in [3.05, 3.63) is 0 Å². The van der Waals surface area contributed by atoms with Gasteiger partial charge in [0.2, 0.25) is 0 Å². The minimum Gasteiger partial charge on any atom is -0.452 e. The molecule has 94 valence electrons. The Hall–Kier alpha value is -1.62. The number of nitrogens with two attached hydrogens (primary N) is 3. The van der Waals surface area contributed by atoms with E-state index in [0.29, 0.717) is 0 Å². The lowest BCUT2D eigenvalue weighted by atomic mass is 11.2. The standard InChI is InChI=1S/C3H6O3.C2H6N2O2.H4N2.H2O/c1-5-3(4)6-2;1-6-2(5)4-3;1-2;/h1-2H3;3H2,1H3,(H,4,5);1-2H2;1H2. The van der Waals surface area contributed by atoms with Gasteiger partial charge in [0.15, 0.2) is 0 Å². The monoisotopic (exact) mass is 230 g/mol. The van der Waals surface area contributed by atoms with Crippen LogP contribution in [0.4, 0.5) is 9.59 Å². The molecular weight excluding hydrogens is 212 g/mol. The Morgan fingerprint density at radius 3 is 1.33 bits per heavy atom. The summed E-state index contributed by atoms with van der Waals surface area (Å²) in [7, 11) is 3.75. The summed E-state index contributed by atoms with van der Waals surface area (Å²) in [5.41, 5.74) is 1.75. The van der Waals surface area contributed by atoms with E-state index in [1.807, 2.05) is 0 Å². The van der Waals surface area contributed by atoms with E-state index in [1.165, 1.54) is 21.3 Å². The smallest absolute Gasteiger partial charge is 0.452 e. The van der Waals surface area contributed by atoms with Crippen molar-refractivity contribution in [1.82, 2.24) is 5.43 Å². The van der Waals surface area contributed by atoms with Crippen molar-refractivity contribution in [2.24, 2.45) is 17.5 Å². The molecule has 10 heteroatoms. The summed E-state index contributed by atoms with van der Waals surface area (Å²) < 4.78 is 12.1. The molecule has 0 heterocycles. The third-order valence-electron chi connectivity index (χ3n) is 0.637. The first-order chi connectivity index (χ1) is 6.62. The highest BCUT2D eigenvalue weighted by atomic mass is 16.7. The summed E-state index contributed by atoms with van der Waals surface area (Å²) in [6.45, 7) is 0. The largest absolute Gasteiger partial charge is 0.507 e. The average Bonchev–Trinajstić information content (AvgIpc) is 2.30. The fourth-order valence-corrected chi connectivity index (χ4v) is 0.142. The SMILES string of the molecule is COC(=O)NN.COC(=O)OC.NN.O. The number of hydrazine groups is 2. The van der Waals surface area contributed by atoms with E-state index in [2.05, 4.69) is 31.7 Å². The molecule has 0 radical (unpaired) electrons. The summed E-state index contributed by atoms with van der Waals surface area (Å²) in [6, 6.07) is 0. The minimum atomic E-state index is -0.657. The number of carbonyl (C=O) groups is 2. The maximum Gasteiger partial charge on any atom is 0.507 e. The topological polar surface area (TPSA) is 183 Å². The van der Waals surface area contributed by atoms with E-state index in [9.17, 15) is 9.59 Å². The summed E-state index contributed by atoms with van der Waals surface area (Å²) in [5, 5.41) is 0. The maximum absolute atomic E-state index is 9.74. The molecule has 0 unspecified atom stereocenters. The Labute approximate surface area is 86.9 Å². The Bertz CT molecular complexity index is 115. The van der Waals surface area contributed by atoms with E-state index >= 15 is 0 Å². The van der Waals surface area contributed by atoms with Gasteiger partial charge in [0.1, 0.15) is 0 Å². The van der Waals surface area contributed by atoms with Crippen molar-refractivity contribution in [2.45, 2.75) is 0 Å². The van der Waals surface area contributed by atoms with Gasteiger partial charge in [-0.1, -0.05) is 0 Å². The molecule has 10 nitrogen and oxygen atoms in total.